The fraction of sp³-hybridized carbons (Fsp3) is 0.480. The molecule has 0 radical (unpaired) electrons. The summed E-state index contributed by atoms with van der Waals surface area (Å²) < 4.78 is 7.76. The molecule has 2 aromatic heterocycles. The summed E-state index contributed by atoms with van der Waals surface area (Å²) in [6.45, 7) is 4.16. The number of fused-ring (bicyclic) bond motifs is 2. The quantitative estimate of drug-likeness (QED) is 0.408. The van der Waals surface area contributed by atoms with Gasteiger partial charge in [-0.15, -0.1) is 0 Å². The number of piperidine rings is 1. The number of nitrogens with one attached hydrogen (secondary N) is 2. The van der Waals surface area contributed by atoms with Gasteiger partial charge in [-0.1, -0.05) is 0 Å². The predicted octanol–water partition coefficient (Wildman–Crippen LogP) is 1.62. The van der Waals surface area contributed by atoms with Crippen LogP contribution in [-0.4, -0.2) is 62.6 Å². The van der Waals surface area contributed by atoms with Gasteiger partial charge in [0.1, 0.15) is 11.4 Å². The summed E-state index contributed by atoms with van der Waals surface area (Å²) >= 11 is 0. The molecule has 0 bridgehead atoms. The van der Waals surface area contributed by atoms with Crippen molar-refractivity contribution < 1.29 is 19.7 Å². The number of aromatic nitrogens is 3. The third kappa shape index (κ3) is 3.86. The molecule has 1 spiro atoms. The van der Waals surface area contributed by atoms with E-state index in [1.54, 1.807) is 29.2 Å². The second-order valence-corrected chi connectivity index (χ2v) is 10.3. The van der Waals surface area contributed by atoms with Crippen LogP contribution >= 0.6 is 0 Å². The monoisotopic (exact) mass is 478 g/mol. The third-order valence-corrected chi connectivity index (χ3v) is 7.69. The Labute approximate surface area is 202 Å². The summed E-state index contributed by atoms with van der Waals surface area (Å²) in [5, 5.41) is 31.6. The highest BCUT2D eigenvalue weighted by molar-refractivity contribution is 5.79. The maximum Gasteiger partial charge on any atom is 0.220 e. The number of amides is 1. The molecule has 2 atom stereocenters. The number of anilines is 2. The molecule has 4 N–H and O–H groups in total. The Balaban J connectivity index is 1.31. The molecule has 10 heteroatoms. The topological polar surface area (TPSA) is 124 Å². The fourth-order valence-electron chi connectivity index (χ4n) is 5.61. The van der Waals surface area contributed by atoms with Gasteiger partial charge in [0.2, 0.25) is 5.91 Å². The average Bonchev–Trinajstić information content (AvgIpc) is 3.54. The molecule has 0 aliphatic carbocycles. The van der Waals surface area contributed by atoms with Crippen molar-refractivity contribution in [1.82, 2.24) is 19.9 Å². The second-order valence-electron chi connectivity index (χ2n) is 10.3. The van der Waals surface area contributed by atoms with Crippen molar-refractivity contribution in [3.8, 4) is 5.75 Å². The van der Waals surface area contributed by atoms with Gasteiger partial charge < -0.3 is 30.5 Å². The van der Waals surface area contributed by atoms with E-state index < -0.39 is 11.8 Å². The van der Waals surface area contributed by atoms with Gasteiger partial charge in [-0.25, -0.2) is 9.50 Å². The van der Waals surface area contributed by atoms with Gasteiger partial charge in [-0.2, -0.15) is 5.10 Å². The van der Waals surface area contributed by atoms with Crippen molar-refractivity contribution >= 4 is 22.9 Å². The number of aliphatic hydroxyl groups excluding tert-OH is 2. The predicted molar refractivity (Wildman–Crippen MR) is 129 cm³/mol. The smallest absolute Gasteiger partial charge is 0.220 e. The first-order chi connectivity index (χ1) is 16.9. The lowest BCUT2D eigenvalue weighted by molar-refractivity contribution is -0.119. The molecular formula is C25H30N6O4. The van der Waals surface area contributed by atoms with E-state index in [0.717, 1.165) is 55.2 Å². The molecule has 3 aromatic rings. The number of benzene rings is 1. The van der Waals surface area contributed by atoms with Crippen LogP contribution in [0.1, 0.15) is 43.5 Å². The summed E-state index contributed by atoms with van der Waals surface area (Å²) in [6.07, 6.45) is 7.07. The van der Waals surface area contributed by atoms with E-state index in [4.69, 9.17) is 4.74 Å². The molecule has 184 valence electrons. The first kappa shape index (κ1) is 22.1. The molecule has 10 nitrogen and oxygen atoms in total. The Morgan fingerprint density at radius 1 is 1.29 bits per heavy atom. The van der Waals surface area contributed by atoms with Gasteiger partial charge in [-0.05, 0) is 37.3 Å². The summed E-state index contributed by atoms with van der Waals surface area (Å²) in [7, 11) is 0. The Morgan fingerprint density at radius 2 is 2.11 bits per heavy atom. The molecule has 1 aromatic carbocycles. The maximum absolute atomic E-state index is 11.9. The molecule has 3 aliphatic heterocycles. The summed E-state index contributed by atoms with van der Waals surface area (Å²) in [5.41, 5.74) is 3.25. The van der Waals surface area contributed by atoms with Crippen molar-refractivity contribution in [3.05, 3.63) is 47.9 Å². The van der Waals surface area contributed by atoms with Crippen LogP contribution in [-0.2, 0) is 11.2 Å². The first-order valence-corrected chi connectivity index (χ1v) is 12.1. The molecule has 1 unspecified atom stereocenters. The summed E-state index contributed by atoms with van der Waals surface area (Å²) in [5.74, 6) is 0.896. The number of nitrogens with zero attached hydrogens (tertiary/aromatic N) is 4. The zero-order valence-electron chi connectivity index (χ0n) is 19.7. The SMILES string of the molecule is C[C@]1(CO)Cc2cc(NC(O)c3cnn4cccnc34)c(N3CCC4(CC3)CNC(=O)C4)cc2O1. The molecular weight excluding hydrogens is 448 g/mol. The number of aliphatic hydroxyl groups is 2. The molecule has 6 rings (SSSR count). The number of carbonyl (C=O) groups is 1. The van der Waals surface area contributed by atoms with Gasteiger partial charge in [0.15, 0.2) is 11.9 Å². The first-order valence-electron chi connectivity index (χ1n) is 12.1. The fourth-order valence-corrected chi connectivity index (χ4v) is 5.61. The molecule has 1 amide bonds. The van der Waals surface area contributed by atoms with E-state index in [2.05, 4.69) is 25.6 Å². The minimum Gasteiger partial charge on any atom is -0.484 e. The average molecular weight is 479 g/mol. The highest BCUT2D eigenvalue weighted by Crippen LogP contribution is 2.45. The van der Waals surface area contributed by atoms with E-state index in [1.807, 2.05) is 19.1 Å². The highest BCUT2D eigenvalue weighted by Gasteiger charge is 2.42. The Bertz CT molecular complexity index is 1280. The normalized spacial score (nSPS) is 23.9. The summed E-state index contributed by atoms with van der Waals surface area (Å²) in [4.78, 5) is 18.5. The summed E-state index contributed by atoms with van der Waals surface area (Å²) in [6, 6.07) is 5.81. The van der Waals surface area contributed by atoms with Crippen LogP contribution in [0.3, 0.4) is 0 Å². The van der Waals surface area contributed by atoms with E-state index in [1.165, 1.54) is 0 Å². The Hall–Kier alpha value is -3.37. The third-order valence-electron chi connectivity index (χ3n) is 7.69. The lowest BCUT2D eigenvalue weighted by Crippen LogP contribution is -2.41. The lowest BCUT2D eigenvalue weighted by Gasteiger charge is -2.40. The van der Waals surface area contributed by atoms with Gasteiger partial charge in [0.05, 0.1) is 29.7 Å². The number of hydrogen-bond donors (Lipinski definition) is 4. The van der Waals surface area contributed by atoms with Crippen LogP contribution in [0.4, 0.5) is 11.4 Å². The number of rotatable bonds is 5. The second kappa shape index (κ2) is 8.10. The van der Waals surface area contributed by atoms with Crippen LogP contribution in [0.15, 0.2) is 36.8 Å². The van der Waals surface area contributed by atoms with E-state index in [-0.39, 0.29) is 17.9 Å². The van der Waals surface area contributed by atoms with Crippen LogP contribution in [0.25, 0.3) is 5.65 Å². The van der Waals surface area contributed by atoms with Crippen LogP contribution < -0.4 is 20.3 Å². The van der Waals surface area contributed by atoms with Crippen molar-refractivity contribution in [3.63, 3.8) is 0 Å². The molecule has 2 fully saturated rings. The van der Waals surface area contributed by atoms with Gasteiger partial charge in [0.25, 0.3) is 0 Å². The Kier molecular flexibility index (Phi) is 5.12. The van der Waals surface area contributed by atoms with Gasteiger partial charge >= 0.3 is 0 Å². The largest absolute Gasteiger partial charge is 0.484 e. The molecule has 2 saturated heterocycles. The standard InChI is InChI=1S/C25H30N6O4/c1-24(15-32)11-16-9-18(29-23(34)17-13-28-31-6-2-5-26-22(17)31)19(10-20(16)35-24)30-7-3-25(4-8-30)12-21(33)27-14-25/h2,5-6,9-10,13,23,29,32,34H,3-4,7-8,11-12,14-15H2,1H3,(H,27,33)/t23?,24-/m1/s1. The van der Waals surface area contributed by atoms with E-state index in [0.29, 0.717) is 24.1 Å². The van der Waals surface area contributed by atoms with Crippen molar-refractivity contribution in [2.24, 2.45) is 5.41 Å². The number of ether oxygens (including phenoxy) is 1. The van der Waals surface area contributed by atoms with Crippen molar-refractivity contribution in [1.29, 1.82) is 0 Å². The zero-order valence-corrected chi connectivity index (χ0v) is 19.7. The van der Waals surface area contributed by atoms with Crippen LogP contribution in [0, 0.1) is 5.41 Å². The van der Waals surface area contributed by atoms with Crippen molar-refractivity contribution in [2.75, 3.05) is 36.5 Å². The molecule has 35 heavy (non-hydrogen) atoms. The minimum atomic E-state index is -1.02. The number of hydrogen-bond acceptors (Lipinski definition) is 8. The lowest BCUT2D eigenvalue weighted by atomic mass is 9.77. The van der Waals surface area contributed by atoms with Gasteiger partial charge in [-0.3, -0.25) is 4.79 Å². The minimum absolute atomic E-state index is 0.0339. The number of carbonyl (C=O) groups excluding carboxylic acids is 1. The highest BCUT2D eigenvalue weighted by atomic mass is 16.5. The van der Waals surface area contributed by atoms with E-state index in [9.17, 15) is 15.0 Å². The molecule has 3 aliphatic rings. The molecule has 5 heterocycles. The molecule has 0 saturated carbocycles. The van der Waals surface area contributed by atoms with Crippen molar-refractivity contribution in [2.45, 2.75) is 44.4 Å². The van der Waals surface area contributed by atoms with E-state index >= 15 is 0 Å². The maximum atomic E-state index is 11.9. The van der Waals surface area contributed by atoms with Crippen LogP contribution in [0.5, 0.6) is 5.75 Å². The van der Waals surface area contributed by atoms with Gasteiger partial charge in [0, 0.05) is 56.5 Å². The van der Waals surface area contributed by atoms with Crippen LogP contribution in [0.2, 0.25) is 0 Å². The zero-order chi connectivity index (χ0) is 24.2. The Morgan fingerprint density at radius 3 is 2.86 bits per heavy atom.